The van der Waals surface area contributed by atoms with Crippen molar-refractivity contribution in [2.24, 2.45) is 5.73 Å². The molecule has 2 aliphatic rings. The fourth-order valence-corrected chi connectivity index (χ4v) is 5.33. The molecule has 11 heteroatoms. The summed E-state index contributed by atoms with van der Waals surface area (Å²) in [6.45, 7) is 9.75. The lowest BCUT2D eigenvalue weighted by molar-refractivity contribution is -0.778. The van der Waals surface area contributed by atoms with Crippen molar-refractivity contribution in [2.75, 3.05) is 69.4 Å². The van der Waals surface area contributed by atoms with Gasteiger partial charge in [0.2, 0.25) is 0 Å². The normalized spacial score (nSPS) is 18.9. The summed E-state index contributed by atoms with van der Waals surface area (Å²) in [5, 5.41) is 0.829. The van der Waals surface area contributed by atoms with Gasteiger partial charge in [-0.15, -0.1) is 4.48 Å². The van der Waals surface area contributed by atoms with Crippen LogP contribution in [0.15, 0.2) is 12.1 Å². The maximum Gasteiger partial charge on any atom is 0.525 e. The number of rotatable bonds is 3. The highest BCUT2D eigenvalue weighted by Crippen LogP contribution is 2.41. The SMILES string of the molecule is COc1ccc(N2CCOCC2)c2sc(N3CC[N+](C(N)=O)(C(=O)OC(C)(C)C)CC3)nc12. The van der Waals surface area contributed by atoms with Gasteiger partial charge in [-0.25, -0.2) is 9.78 Å². The Morgan fingerprint density at radius 1 is 1.12 bits per heavy atom. The number of hydrogen-bond donors (Lipinski definition) is 1. The number of hydrogen-bond acceptors (Lipinski definition) is 9. The average molecular weight is 479 g/mol. The second kappa shape index (κ2) is 8.96. The molecule has 4 rings (SSSR count). The second-order valence-corrected chi connectivity index (χ2v) is 10.3. The molecule has 0 radical (unpaired) electrons. The van der Waals surface area contributed by atoms with Gasteiger partial charge >= 0.3 is 12.1 Å². The fraction of sp³-hybridized carbons (Fsp3) is 0.591. The van der Waals surface area contributed by atoms with Crippen LogP contribution in [0.1, 0.15) is 20.8 Å². The molecule has 33 heavy (non-hydrogen) atoms. The molecule has 1 aromatic carbocycles. The molecule has 2 N–H and O–H groups in total. The van der Waals surface area contributed by atoms with E-state index in [0.29, 0.717) is 26.3 Å². The summed E-state index contributed by atoms with van der Waals surface area (Å²) in [5.74, 6) is 0.720. The van der Waals surface area contributed by atoms with Crippen LogP contribution in [0.2, 0.25) is 0 Å². The van der Waals surface area contributed by atoms with Gasteiger partial charge in [0.05, 0.1) is 43.8 Å². The largest absolute Gasteiger partial charge is 0.525 e. The number of nitrogens with zero attached hydrogens (tertiary/aromatic N) is 4. The van der Waals surface area contributed by atoms with Crippen molar-refractivity contribution < 1.29 is 28.3 Å². The Hall–Kier alpha value is -2.63. The number of carbonyl (C=O) groups excluding carboxylic acids is 2. The number of carbonyl (C=O) groups is 2. The molecule has 2 aromatic rings. The summed E-state index contributed by atoms with van der Waals surface area (Å²) in [6.07, 6.45) is -0.602. The Morgan fingerprint density at radius 3 is 2.36 bits per heavy atom. The minimum atomic E-state index is -0.700. The van der Waals surface area contributed by atoms with Crippen molar-refractivity contribution in [1.29, 1.82) is 0 Å². The number of aromatic nitrogens is 1. The van der Waals surface area contributed by atoms with Gasteiger partial charge in [-0.05, 0) is 32.9 Å². The number of imide groups is 1. The lowest BCUT2D eigenvalue weighted by Crippen LogP contribution is -2.67. The summed E-state index contributed by atoms with van der Waals surface area (Å²) < 4.78 is 17.1. The smallest absolute Gasteiger partial charge is 0.494 e. The highest BCUT2D eigenvalue weighted by Gasteiger charge is 2.49. The minimum Gasteiger partial charge on any atom is -0.494 e. The molecule has 0 saturated carbocycles. The number of morpholine rings is 1. The molecule has 10 nitrogen and oxygen atoms in total. The number of thiazole rings is 1. The van der Waals surface area contributed by atoms with Crippen LogP contribution in [0.4, 0.5) is 20.4 Å². The Labute approximate surface area is 197 Å². The number of benzene rings is 1. The van der Waals surface area contributed by atoms with E-state index in [1.165, 1.54) is 0 Å². The van der Waals surface area contributed by atoms with E-state index in [1.54, 1.807) is 39.2 Å². The van der Waals surface area contributed by atoms with Crippen LogP contribution in [0.5, 0.6) is 5.75 Å². The van der Waals surface area contributed by atoms with E-state index < -0.39 is 22.2 Å². The van der Waals surface area contributed by atoms with Crippen molar-refractivity contribution in [3.8, 4) is 5.75 Å². The molecule has 0 aliphatic carbocycles. The number of nitrogens with two attached hydrogens (primary N) is 1. The summed E-state index contributed by atoms with van der Waals surface area (Å²) in [6, 6.07) is 3.33. The summed E-state index contributed by atoms with van der Waals surface area (Å²) in [4.78, 5) is 34.5. The van der Waals surface area contributed by atoms with Crippen LogP contribution >= 0.6 is 11.3 Å². The maximum absolute atomic E-state index is 12.8. The van der Waals surface area contributed by atoms with Gasteiger partial charge in [0, 0.05) is 13.1 Å². The summed E-state index contributed by atoms with van der Waals surface area (Å²) in [7, 11) is 1.64. The molecule has 180 valence electrons. The van der Waals surface area contributed by atoms with Gasteiger partial charge in [-0.2, -0.15) is 4.79 Å². The van der Waals surface area contributed by atoms with Crippen LogP contribution in [-0.2, 0) is 9.47 Å². The zero-order valence-electron chi connectivity index (χ0n) is 19.6. The van der Waals surface area contributed by atoms with Gasteiger partial charge in [-0.3, -0.25) is 0 Å². The molecule has 2 saturated heterocycles. The molecule has 2 fully saturated rings. The Bertz CT molecular complexity index is 1040. The first-order valence-electron chi connectivity index (χ1n) is 11.1. The maximum atomic E-state index is 12.8. The molecule has 0 bridgehead atoms. The summed E-state index contributed by atoms with van der Waals surface area (Å²) in [5.41, 5.74) is 6.91. The number of methoxy groups -OCH3 is 1. The highest BCUT2D eigenvalue weighted by atomic mass is 32.1. The van der Waals surface area contributed by atoms with Crippen molar-refractivity contribution in [2.45, 2.75) is 26.4 Å². The third-order valence-electron chi connectivity index (χ3n) is 5.98. The zero-order chi connectivity index (χ0) is 23.8. The Morgan fingerprint density at radius 2 is 1.79 bits per heavy atom. The summed E-state index contributed by atoms with van der Waals surface area (Å²) >= 11 is 1.59. The first kappa shape index (κ1) is 23.5. The van der Waals surface area contributed by atoms with Crippen molar-refractivity contribution in [1.82, 2.24) is 4.98 Å². The van der Waals surface area contributed by atoms with Gasteiger partial charge in [0.1, 0.15) is 30.0 Å². The van der Waals surface area contributed by atoms with E-state index >= 15 is 0 Å². The Balaban J connectivity index is 1.60. The van der Waals surface area contributed by atoms with Crippen molar-refractivity contribution >= 4 is 44.5 Å². The molecular weight excluding hydrogens is 446 g/mol. The van der Waals surface area contributed by atoms with E-state index in [-0.39, 0.29) is 13.1 Å². The Kier molecular flexibility index (Phi) is 6.39. The van der Waals surface area contributed by atoms with Gasteiger partial charge in [0.25, 0.3) is 0 Å². The minimum absolute atomic E-state index is 0.230. The number of quaternary nitrogens is 1. The van der Waals surface area contributed by atoms with E-state index in [1.807, 2.05) is 6.07 Å². The monoisotopic (exact) mass is 478 g/mol. The topological polar surface area (TPSA) is 107 Å². The molecule has 2 aliphatic heterocycles. The standard InChI is InChI=1S/C22H31N5O5S/c1-22(2,3)32-21(29)27(19(23)28)11-7-26(8-12-27)20-24-17-16(30-4)6-5-15(18(17)33-20)25-9-13-31-14-10-25/h5-6H,7-14H2,1-4H3,(H-,23,28)/p+1. The zero-order valence-corrected chi connectivity index (χ0v) is 20.4. The van der Waals surface area contributed by atoms with Crippen molar-refractivity contribution in [3.63, 3.8) is 0 Å². The molecule has 0 atom stereocenters. The highest BCUT2D eigenvalue weighted by molar-refractivity contribution is 7.22. The van der Waals surface area contributed by atoms with E-state index in [9.17, 15) is 9.59 Å². The van der Waals surface area contributed by atoms with Gasteiger partial charge in [0.15, 0.2) is 5.13 Å². The third kappa shape index (κ3) is 4.57. The first-order chi connectivity index (χ1) is 15.6. The number of piperazine rings is 1. The molecule has 3 amide bonds. The second-order valence-electron chi connectivity index (χ2n) is 9.28. The lowest BCUT2D eigenvalue weighted by Gasteiger charge is -2.39. The average Bonchev–Trinajstić information content (AvgIpc) is 3.23. The first-order valence-corrected chi connectivity index (χ1v) is 11.9. The predicted molar refractivity (Wildman–Crippen MR) is 127 cm³/mol. The number of amides is 3. The lowest BCUT2D eigenvalue weighted by atomic mass is 10.2. The molecule has 3 heterocycles. The number of primary amides is 1. The third-order valence-corrected chi connectivity index (χ3v) is 7.12. The molecular formula is C22H32N5O5S+. The van der Waals surface area contributed by atoms with Crippen LogP contribution in [0.25, 0.3) is 10.2 Å². The van der Waals surface area contributed by atoms with Crippen LogP contribution in [0, 0.1) is 0 Å². The van der Waals surface area contributed by atoms with E-state index in [0.717, 1.165) is 39.9 Å². The number of ether oxygens (including phenoxy) is 3. The van der Waals surface area contributed by atoms with Gasteiger partial charge in [-0.1, -0.05) is 11.3 Å². The molecule has 0 spiro atoms. The van der Waals surface area contributed by atoms with Crippen LogP contribution in [0.3, 0.4) is 0 Å². The fourth-order valence-electron chi connectivity index (χ4n) is 4.15. The van der Waals surface area contributed by atoms with Crippen LogP contribution in [-0.4, -0.2) is 86.8 Å². The van der Waals surface area contributed by atoms with Crippen molar-refractivity contribution in [3.05, 3.63) is 12.1 Å². The van der Waals surface area contributed by atoms with E-state index in [2.05, 4.69) is 15.9 Å². The van der Waals surface area contributed by atoms with Crippen LogP contribution < -0.4 is 20.3 Å². The molecule has 0 unspecified atom stereocenters. The van der Waals surface area contributed by atoms with E-state index in [4.69, 9.17) is 24.9 Å². The predicted octanol–water partition coefficient (Wildman–Crippen LogP) is 2.79. The number of anilines is 2. The van der Waals surface area contributed by atoms with Gasteiger partial charge < -0.3 is 29.7 Å². The quantitative estimate of drug-likeness (QED) is 0.671. The molecule has 1 aromatic heterocycles. The number of fused-ring (bicyclic) bond motifs is 1. The number of urea groups is 1.